The van der Waals surface area contributed by atoms with E-state index < -0.39 is 122 Å². The van der Waals surface area contributed by atoms with Gasteiger partial charge in [0.1, 0.15) is 29.8 Å². The number of hydrogen-bond acceptors (Lipinski definition) is 21. The summed E-state index contributed by atoms with van der Waals surface area (Å²) in [4.78, 5) is 28.6. The van der Waals surface area contributed by atoms with Crippen molar-refractivity contribution in [3.05, 3.63) is 193 Å². The summed E-state index contributed by atoms with van der Waals surface area (Å²) in [5, 5.41) is 161. The molecule has 1 fully saturated rings. The predicted octanol–water partition coefficient (Wildman–Crippen LogP) is 6.06. The van der Waals surface area contributed by atoms with Gasteiger partial charge < -0.3 is 97.1 Å². The van der Waals surface area contributed by atoms with E-state index in [9.17, 15) is 86.2 Å². The van der Waals surface area contributed by atoms with Gasteiger partial charge in [0.05, 0.1) is 85.9 Å². The first-order valence-corrected chi connectivity index (χ1v) is 34.7. The number of nitrogens with one attached hydrogen (secondary N) is 1. The highest BCUT2D eigenvalue weighted by molar-refractivity contribution is 6.03. The van der Waals surface area contributed by atoms with Crippen molar-refractivity contribution in [2.45, 2.75) is 241 Å². The van der Waals surface area contributed by atoms with Crippen LogP contribution < -0.4 is 11.1 Å². The van der Waals surface area contributed by atoms with E-state index in [2.05, 4.69) is 5.32 Å². The van der Waals surface area contributed by atoms with Crippen molar-refractivity contribution in [1.29, 1.82) is 0 Å². The molecule has 1 aromatic rings. The first kappa shape index (κ1) is 87.0. The van der Waals surface area contributed by atoms with Gasteiger partial charge in [-0.3, -0.25) is 14.6 Å². The Kier molecular flexibility index (Phi) is 44.1. The van der Waals surface area contributed by atoms with Crippen LogP contribution in [0.5, 0.6) is 0 Å². The van der Waals surface area contributed by atoms with Crippen LogP contribution in [-0.2, 0) is 25.6 Å². The molecule has 0 spiro atoms. The van der Waals surface area contributed by atoms with Crippen LogP contribution in [0.4, 0.5) is 0 Å². The molecule has 2 aliphatic rings. The van der Waals surface area contributed by atoms with Gasteiger partial charge in [0.2, 0.25) is 5.91 Å². The number of benzene rings is 1. The van der Waals surface area contributed by atoms with Crippen LogP contribution in [0.1, 0.15) is 136 Å². The Bertz CT molecular complexity index is 2880. The number of unbranched alkanes of at least 4 members (excludes halogenated alkanes) is 1. The smallest absolute Gasteiger partial charge is 0.248 e. The first-order valence-electron chi connectivity index (χ1n) is 34.7. The van der Waals surface area contributed by atoms with Gasteiger partial charge in [-0.25, -0.2) is 0 Å². The molecule has 1 heterocycles. The molecule has 22 nitrogen and oxygen atoms in total. The number of nitrogens with zero attached hydrogens (tertiary/aromatic N) is 1. The maximum atomic E-state index is 12.0. The Hall–Kier alpha value is -6.23. The van der Waals surface area contributed by atoms with Crippen LogP contribution in [0.15, 0.2) is 193 Å². The predicted molar refractivity (Wildman–Crippen MR) is 384 cm³/mol. The molecule has 18 N–H and O–H groups in total. The van der Waals surface area contributed by atoms with Crippen molar-refractivity contribution in [3.8, 4) is 0 Å². The van der Waals surface area contributed by atoms with Gasteiger partial charge in [0.15, 0.2) is 12.1 Å². The highest BCUT2D eigenvalue weighted by Crippen LogP contribution is 2.29. The molecule has 552 valence electrons. The SMILES string of the molecule is CC(/C=C/CC/C=C/C=C/C=C/C=C/C(=O)NC1=C(O)CCC1=O)C(O)C(C)C(O)/C=C/C=C/C=C/C=C/C=C/CC(OC1OC(C)C(O)C(O)C1O)C(C)C(CC(O)CC(O)CC(O)/C=C/CC(O)CC(O)CC(O)CC(O)/C=C/CC(O)CC(O)CCCN)=NCc1ccccc1. The van der Waals surface area contributed by atoms with Gasteiger partial charge in [-0.05, 0) is 89.7 Å². The summed E-state index contributed by atoms with van der Waals surface area (Å²) in [6.07, 6.45) is 26.0. The summed E-state index contributed by atoms with van der Waals surface area (Å²) in [5.41, 5.74) is 6.82. The van der Waals surface area contributed by atoms with Crippen molar-refractivity contribution in [2.75, 3.05) is 6.54 Å². The molecule has 0 bridgehead atoms. The van der Waals surface area contributed by atoms with Crippen LogP contribution in [0, 0.1) is 17.8 Å². The normalized spacial score (nSPS) is 23.4. The van der Waals surface area contributed by atoms with E-state index in [1.165, 1.54) is 30.4 Å². The van der Waals surface area contributed by atoms with Crippen molar-refractivity contribution in [2.24, 2.45) is 28.5 Å². The maximum Gasteiger partial charge on any atom is 0.248 e. The second-order valence-corrected chi connectivity index (χ2v) is 25.7. The zero-order valence-corrected chi connectivity index (χ0v) is 57.9. The molecular weight excluding hydrogens is 1270 g/mol. The molecule has 1 aliphatic heterocycles. The van der Waals surface area contributed by atoms with E-state index in [4.69, 9.17) is 20.2 Å². The Morgan fingerprint density at radius 1 is 0.606 bits per heavy atom. The highest BCUT2D eigenvalue weighted by atomic mass is 16.7. The van der Waals surface area contributed by atoms with Crippen molar-refractivity contribution < 1.29 is 95.7 Å². The van der Waals surface area contributed by atoms with Crippen LogP contribution >= 0.6 is 0 Å². The molecule has 20 unspecified atom stereocenters. The third-order valence-corrected chi connectivity index (χ3v) is 16.9. The number of amides is 1. The molecule has 0 radical (unpaired) electrons. The lowest BCUT2D eigenvalue weighted by molar-refractivity contribution is -0.305. The Balaban J connectivity index is 1.53. The van der Waals surface area contributed by atoms with Gasteiger partial charge in [0, 0.05) is 61.6 Å². The number of carbonyl (C=O) groups excluding carboxylic acids is 2. The van der Waals surface area contributed by atoms with Crippen LogP contribution in [-0.4, -0.2) is 204 Å². The number of rotatable bonds is 48. The molecule has 99 heavy (non-hydrogen) atoms. The number of hydrogen-bond donors (Lipinski definition) is 17. The highest BCUT2D eigenvalue weighted by Gasteiger charge is 2.44. The number of allylic oxidation sites excluding steroid dienone is 18. The first-order chi connectivity index (χ1) is 47.3. The van der Waals surface area contributed by atoms with Crippen molar-refractivity contribution >= 4 is 17.4 Å². The number of aliphatic hydroxyl groups is 15. The average Bonchev–Trinajstić information content (AvgIpc) is 1.32. The van der Waals surface area contributed by atoms with E-state index in [0.29, 0.717) is 25.1 Å². The molecule has 1 amide bonds. The molecule has 0 saturated carbocycles. The molecule has 0 aromatic heterocycles. The van der Waals surface area contributed by atoms with E-state index in [-0.39, 0.29) is 107 Å². The van der Waals surface area contributed by atoms with E-state index in [1.54, 1.807) is 92.8 Å². The van der Waals surface area contributed by atoms with Gasteiger partial charge in [0.25, 0.3) is 0 Å². The third kappa shape index (κ3) is 37.3. The zero-order chi connectivity index (χ0) is 73.1. The summed E-state index contributed by atoms with van der Waals surface area (Å²) in [5.74, 6) is -2.09. The average molecular weight is 1390 g/mol. The van der Waals surface area contributed by atoms with Crippen LogP contribution in [0.25, 0.3) is 0 Å². The van der Waals surface area contributed by atoms with Crippen LogP contribution in [0.3, 0.4) is 0 Å². The Labute approximate surface area is 585 Å². The summed E-state index contributed by atoms with van der Waals surface area (Å²) < 4.78 is 12.3. The zero-order valence-electron chi connectivity index (χ0n) is 57.9. The Morgan fingerprint density at radius 2 is 1.14 bits per heavy atom. The summed E-state index contributed by atoms with van der Waals surface area (Å²) >= 11 is 0. The monoisotopic (exact) mass is 1390 g/mol. The van der Waals surface area contributed by atoms with E-state index in [1.807, 2.05) is 80.6 Å². The maximum absolute atomic E-state index is 12.0. The largest absolute Gasteiger partial charge is 0.510 e. The fraction of sp³-hybridized carbons (Fsp3) is 0.545. The summed E-state index contributed by atoms with van der Waals surface area (Å²) in [6, 6.07) is 9.43. The fourth-order valence-electron chi connectivity index (χ4n) is 10.9. The summed E-state index contributed by atoms with van der Waals surface area (Å²) in [6.45, 7) is 7.76. The second kappa shape index (κ2) is 50.2. The molecule has 20 atom stereocenters. The van der Waals surface area contributed by atoms with E-state index >= 15 is 0 Å². The fourth-order valence-corrected chi connectivity index (χ4v) is 10.9. The third-order valence-electron chi connectivity index (χ3n) is 16.9. The number of aliphatic hydroxyl groups excluding tert-OH is 15. The van der Waals surface area contributed by atoms with Crippen LogP contribution in [0.2, 0.25) is 0 Å². The number of Topliss-reactive ketones (excluding diaryl/α,β-unsaturated/α-hetero) is 1. The minimum absolute atomic E-state index is 0.0181. The molecule has 1 saturated heterocycles. The lowest BCUT2D eigenvalue weighted by atomic mass is 9.88. The topological polar surface area (TPSA) is 406 Å². The van der Waals surface area contributed by atoms with Crippen molar-refractivity contribution in [1.82, 2.24) is 5.32 Å². The van der Waals surface area contributed by atoms with Gasteiger partial charge in [-0.2, -0.15) is 0 Å². The van der Waals surface area contributed by atoms with E-state index in [0.717, 1.165) is 18.4 Å². The molecule has 1 aliphatic carbocycles. The number of carbonyl (C=O) groups is 2. The Morgan fingerprint density at radius 3 is 1.74 bits per heavy atom. The number of ether oxygens (including phenoxy) is 2. The molecular formula is C77H115N3O19. The molecule has 3 rings (SSSR count). The quantitative estimate of drug-likeness (QED) is 0.0116. The lowest BCUT2D eigenvalue weighted by Crippen LogP contribution is -2.58. The minimum atomic E-state index is -1.60. The minimum Gasteiger partial charge on any atom is -0.510 e. The number of aliphatic imine (C=N–C) groups is 1. The van der Waals surface area contributed by atoms with Gasteiger partial charge in [-0.15, -0.1) is 0 Å². The number of ketones is 1. The standard InChI is InChI=1S/C77H115N3O19/c1-52(30-21-16-12-8-5-6-11-15-19-26-40-71(93)80-72-68(91)41-42-69(72)92)73(94)54(3)67(90)38-24-17-13-9-7-10-14-18-25-39-70(99-77-76(97)75(96)74(95)55(4)98-77)53(2)66(79-51-56-31-22-20-23-32-56)50-65(89)49-64(88)47-60(84)36-28-35-59(83)46-63(87)48-62(86)45-58(82)34-27-33-57(81)44-61(85)37-29-43-78/h5-11,13-15,17-28,30-32,34,36,38,40,52-55,57-65,67,70,73-77,81-91,94-97H,12,16,29,33,35,37,39,41-51,78H2,1-4H3,(H,80,93)/b8-5+,9-7+,11-6+,14-10+,17-13+,19-15+,25-18+,30-21+,34-27+,36-28+,38-24+,40-26+,79-66?. The molecule has 1 aromatic carbocycles. The number of nitrogens with two attached hydrogens (primary N) is 1. The van der Waals surface area contributed by atoms with Crippen molar-refractivity contribution in [3.63, 3.8) is 0 Å². The lowest BCUT2D eigenvalue weighted by Gasteiger charge is -2.41. The molecule has 22 heteroatoms. The second-order valence-electron chi connectivity index (χ2n) is 25.7. The van der Waals surface area contributed by atoms with Gasteiger partial charge in [-0.1, -0.05) is 191 Å². The summed E-state index contributed by atoms with van der Waals surface area (Å²) in [7, 11) is 0. The van der Waals surface area contributed by atoms with Gasteiger partial charge >= 0.3 is 0 Å².